The molecule has 20 heteroatoms. The number of ether oxygens (including phenoxy) is 1. The smallest absolute Gasteiger partial charge is 0.490 e. The van der Waals surface area contributed by atoms with Crippen LogP contribution in [0, 0.1) is 11.6 Å². The molecule has 2 amide bonds. The lowest BCUT2D eigenvalue weighted by atomic mass is 10.1. The summed E-state index contributed by atoms with van der Waals surface area (Å²) in [6.45, 7) is 7.07. The van der Waals surface area contributed by atoms with E-state index in [1.54, 1.807) is 18.2 Å². The molecule has 1 aliphatic heterocycles. The van der Waals surface area contributed by atoms with Gasteiger partial charge in [0.1, 0.15) is 11.4 Å². The van der Waals surface area contributed by atoms with E-state index in [-0.39, 0.29) is 30.2 Å². The minimum absolute atomic E-state index is 0.0242. The Morgan fingerprint density at radius 1 is 0.906 bits per heavy atom. The van der Waals surface area contributed by atoms with Crippen molar-refractivity contribution in [2.45, 2.75) is 70.8 Å². The fourth-order valence-electron chi connectivity index (χ4n) is 4.60. The van der Waals surface area contributed by atoms with Gasteiger partial charge in [-0.3, -0.25) is 9.59 Å². The highest BCUT2D eigenvalue weighted by Gasteiger charge is 2.39. The van der Waals surface area contributed by atoms with Crippen molar-refractivity contribution in [1.82, 2.24) is 15.5 Å². The Morgan fingerprint density at radius 3 is 2.06 bits per heavy atom. The van der Waals surface area contributed by atoms with Gasteiger partial charge in [-0.1, -0.05) is 31.9 Å². The SMILES string of the molecule is CCCC[C@@H](C)N(CCNCCc1ccc(O)c2c1OCC(=O)N2)C(=O)CCNCCc1ccc(F)c(F)c1.O=C(O)C(F)(F)F.O=C(O)C(F)(F)F. The molecule has 0 fully saturated rings. The molecule has 0 radical (unpaired) electrons. The monoisotopic (exact) mass is 774 g/mol. The number of anilines is 1. The average Bonchev–Trinajstić information content (AvgIpc) is 3.07. The second kappa shape index (κ2) is 22.4. The number of hydrogen-bond acceptors (Lipinski definition) is 8. The minimum Gasteiger partial charge on any atom is -0.506 e. The summed E-state index contributed by atoms with van der Waals surface area (Å²) in [6, 6.07) is 7.36. The van der Waals surface area contributed by atoms with Gasteiger partial charge in [0.2, 0.25) is 5.91 Å². The lowest BCUT2D eigenvalue weighted by Crippen LogP contribution is -2.43. The van der Waals surface area contributed by atoms with Crippen LogP contribution in [0.2, 0.25) is 0 Å². The second-order valence-electron chi connectivity index (χ2n) is 11.5. The average molecular weight is 775 g/mol. The lowest BCUT2D eigenvalue weighted by Gasteiger charge is -2.30. The molecule has 3 rings (SSSR count). The van der Waals surface area contributed by atoms with Gasteiger partial charge in [0.15, 0.2) is 24.0 Å². The Labute approximate surface area is 299 Å². The molecule has 0 aromatic heterocycles. The highest BCUT2D eigenvalue weighted by molar-refractivity contribution is 5.97. The van der Waals surface area contributed by atoms with Gasteiger partial charge in [-0.15, -0.1) is 0 Å². The molecule has 53 heavy (non-hydrogen) atoms. The first-order valence-electron chi connectivity index (χ1n) is 16.2. The van der Waals surface area contributed by atoms with E-state index in [4.69, 9.17) is 24.5 Å². The van der Waals surface area contributed by atoms with E-state index in [1.807, 2.05) is 4.90 Å². The van der Waals surface area contributed by atoms with Crippen LogP contribution in [-0.2, 0) is 32.0 Å². The van der Waals surface area contributed by atoms with Crippen molar-refractivity contribution in [3.8, 4) is 11.5 Å². The molecule has 1 aliphatic rings. The van der Waals surface area contributed by atoms with Gasteiger partial charge in [-0.2, -0.15) is 26.3 Å². The molecular formula is C33H42F8N4O8. The van der Waals surface area contributed by atoms with Crippen LogP contribution < -0.4 is 20.7 Å². The summed E-state index contributed by atoms with van der Waals surface area (Å²) in [5.74, 6) is -6.96. The number of fused-ring (bicyclic) bond motifs is 1. The zero-order valence-electron chi connectivity index (χ0n) is 28.8. The molecule has 0 spiro atoms. The summed E-state index contributed by atoms with van der Waals surface area (Å²) in [5, 5.41) is 33.5. The van der Waals surface area contributed by atoms with Crippen molar-refractivity contribution >= 4 is 29.4 Å². The molecule has 12 nitrogen and oxygen atoms in total. The lowest BCUT2D eigenvalue weighted by molar-refractivity contribution is -0.193. The summed E-state index contributed by atoms with van der Waals surface area (Å²) >= 11 is 0. The number of carboxylic acid groups (broad SMARTS) is 2. The molecule has 0 saturated carbocycles. The zero-order valence-corrected chi connectivity index (χ0v) is 28.8. The summed E-state index contributed by atoms with van der Waals surface area (Å²) in [6.07, 6.45) is -5.57. The topological polar surface area (TPSA) is 178 Å². The third-order valence-electron chi connectivity index (χ3n) is 7.33. The number of halogens is 8. The number of hydrogen-bond donors (Lipinski definition) is 6. The van der Waals surface area contributed by atoms with E-state index in [1.165, 1.54) is 6.07 Å². The van der Waals surface area contributed by atoms with Gasteiger partial charge in [-0.05, 0) is 68.6 Å². The molecule has 0 aliphatic carbocycles. The number of unbranched alkanes of at least 4 members (excludes halogenated alkanes) is 1. The van der Waals surface area contributed by atoms with Gasteiger partial charge < -0.3 is 40.9 Å². The largest absolute Gasteiger partial charge is 0.506 e. The molecule has 2 aromatic rings. The Balaban J connectivity index is 0.000000845. The van der Waals surface area contributed by atoms with Crippen molar-refractivity contribution in [1.29, 1.82) is 0 Å². The molecule has 298 valence electrons. The summed E-state index contributed by atoms with van der Waals surface area (Å²) < 4.78 is 95.5. The van der Waals surface area contributed by atoms with Crippen LogP contribution in [0.1, 0.15) is 50.7 Å². The number of nitrogens with zero attached hydrogens (tertiary/aromatic N) is 1. The highest BCUT2D eigenvalue weighted by atomic mass is 19.4. The summed E-state index contributed by atoms with van der Waals surface area (Å²) in [4.78, 5) is 44.4. The van der Waals surface area contributed by atoms with E-state index in [2.05, 4.69) is 29.8 Å². The number of aromatic hydroxyl groups is 1. The number of rotatable bonds is 16. The predicted molar refractivity (Wildman–Crippen MR) is 174 cm³/mol. The maximum Gasteiger partial charge on any atom is 0.490 e. The van der Waals surface area contributed by atoms with Crippen molar-refractivity contribution < 1.29 is 74.4 Å². The van der Waals surface area contributed by atoms with E-state index in [0.29, 0.717) is 69.0 Å². The molecule has 6 N–H and O–H groups in total. The normalized spacial score (nSPS) is 12.8. The number of phenolic OH excluding ortho intramolecular Hbond substituents is 1. The minimum atomic E-state index is -5.08. The number of carbonyl (C=O) groups excluding carboxylic acids is 2. The van der Waals surface area contributed by atoms with Gasteiger partial charge in [-0.25, -0.2) is 18.4 Å². The molecule has 0 bridgehead atoms. The number of benzene rings is 2. The third kappa shape index (κ3) is 17.6. The number of carboxylic acids is 2. The second-order valence-corrected chi connectivity index (χ2v) is 11.5. The summed E-state index contributed by atoms with van der Waals surface area (Å²) in [5.41, 5.74) is 1.90. The Morgan fingerprint density at radius 2 is 1.49 bits per heavy atom. The molecule has 1 heterocycles. The van der Waals surface area contributed by atoms with Crippen molar-refractivity contribution in [2.24, 2.45) is 0 Å². The quantitative estimate of drug-likeness (QED) is 0.0771. The standard InChI is InChI=1S/C29H40F2N4O4.2C2HF3O2/c1-3-4-5-20(2)35(27(38)12-15-32-13-10-21-6-8-23(30)24(31)18-21)17-16-33-14-11-22-7-9-25(36)28-29(22)39-19-26(37)34-28;2*3-2(4,5)1(6)7/h6-9,18,20,32-33,36H,3-5,10-17,19H2,1-2H3,(H,34,37);2*(H,6,7)/t20-;;/m1../s1. The van der Waals surface area contributed by atoms with Gasteiger partial charge in [0, 0.05) is 32.1 Å². The van der Waals surface area contributed by atoms with E-state index < -0.39 is 35.9 Å². The van der Waals surface area contributed by atoms with Gasteiger partial charge in [0.05, 0.1) is 0 Å². The fourth-order valence-corrected chi connectivity index (χ4v) is 4.60. The number of carbonyl (C=O) groups is 4. The maximum absolute atomic E-state index is 13.4. The number of aliphatic carboxylic acids is 2. The zero-order chi connectivity index (χ0) is 40.4. The molecule has 1 atom stereocenters. The predicted octanol–water partition coefficient (Wildman–Crippen LogP) is 5.03. The molecular weight excluding hydrogens is 732 g/mol. The number of phenols is 1. The van der Waals surface area contributed by atoms with Crippen molar-refractivity contribution in [3.05, 3.63) is 53.1 Å². The molecule has 0 unspecified atom stereocenters. The van der Waals surface area contributed by atoms with E-state index >= 15 is 0 Å². The first-order chi connectivity index (χ1) is 24.7. The van der Waals surface area contributed by atoms with Crippen molar-refractivity contribution in [3.63, 3.8) is 0 Å². The van der Waals surface area contributed by atoms with Crippen LogP contribution >= 0.6 is 0 Å². The van der Waals surface area contributed by atoms with E-state index in [9.17, 15) is 49.8 Å². The third-order valence-corrected chi connectivity index (χ3v) is 7.33. The van der Waals surface area contributed by atoms with Crippen molar-refractivity contribution in [2.75, 3.05) is 44.6 Å². The van der Waals surface area contributed by atoms with Crippen LogP contribution in [0.15, 0.2) is 30.3 Å². The molecule has 2 aromatic carbocycles. The molecule has 0 saturated heterocycles. The first-order valence-corrected chi connectivity index (χ1v) is 16.2. The van der Waals surface area contributed by atoms with Gasteiger partial charge in [0.25, 0.3) is 5.91 Å². The number of nitrogens with one attached hydrogen (secondary N) is 3. The highest BCUT2D eigenvalue weighted by Crippen LogP contribution is 2.39. The maximum atomic E-state index is 13.4. The summed E-state index contributed by atoms with van der Waals surface area (Å²) in [7, 11) is 0. The van der Waals surface area contributed by atoms with Crippen LogP contribution in [0.25, 0.3) is 0 Å². The van der Waals surface area contributed by atoms with Crippen LogP contribution in [0.3, 0.4) is 0 Å². The number of alkyl halides is 6. The van der Waals surface area contributed by atoms with E-state index in [0.717, 1.165) is 30.9 Å². The number of amides is 2. The first kappa shape index (κ1) is 46.3. The van der Waals surface area contributed by atoms with Crippen LogP contribution in [0.4, 0.5) is 40.8 Å². The van der Waals surface area contributed by atoms with Crippen LogP contribution in [0.5, 0.6) is 11.5 Å². The fraction of sp³-hybridized carbons (Fsp3) is 0.515. The Kier molecular flexibility index (Phi) is 19.5. The Hall–Kier alpha value is -4.72. The van der Waals surface area contributed by atoms with Crippen LogP contribution in [-0.4, -0.2) is 102 Å². The van der Waals surface area contributed by atoms with Gasteiger partial charge >= 0.3 is 24.3 Å². The Bertz CT molecular complexity index is 1480.